The van der Waals surface area contributed by atoms with Crippen molar-refractivity contribution in [1.29, 1.82) is 0 Å². The topological polar surface area (TPSA) is 49.8 Å². The fourth-order valence-corrected chi connectivity index (χ4v) is 2.97. The molecule has 1 saturated heterocycles. The Morgan fingerprint density at radius 1 is 1.29 bits per heavy atom. The SMILES string of the molecule is CC1CCC(C(=O)N(CCO)C2CCCC2)O1. The summed E-state index contributed by atoms with van der Waals surface area (Å²) in [5.74, 6) is 0.0929. The number of hydrogen-bond acceptors (Lipinski definition) is 3. The Morgan fingerprint density at radius 2 is 2.00 bits per heavy atom. The number of hydrogen-bond donors (Lipinski definition) is 1. The zero-order valence-corrected chi connectivity index (χ0v) is 10.6. The third-order valence-electron chi connectivity index (χ3n) is 3.90. The van der Waals surface area contributed by atoms with E-state index in [0.29, 0.717) is 12.6 Å². The van der Waals surface area contributed by atoms with Crippen LogP contribution >= 0.6 is 0 Å². The summed E-state index contributed by atoms with van der Waals surface area (Å²) in [6.07, 6.45) is 6.27. The van der Waals surface area contributed by atoms with Crippen LogP contribution in [0.25, 0.3) is 0 Å². The molecular weight excluding hydrogens is 218 g/mol. The number of aliphatic hydroxyl groups excluding tert-OH is 1. The Bertz CT molecular complexity index is 263. The molecule has 1 heterocycles. The first-order valence-electron chi connectivity index (χ1n) is 6.79. The zero-order valence-electron chi connectivity index (χ0n) is 10.6. The minimum atomic E-state index is -0.267. The van der Waals surface area contributed by atoms with Gasteiger partial charge in [0.1, 0.15) is 6.10 Å². The van der Waals surface area contributed by atoms with Gasteiger partial charge in [0.05, 0.1) is 12.7 Å². The molecule has 2 fully saturated rings. The van der Waals surface area contributed by atoms with Crippen LogP contribution < -0.4 is 0 Å². The van der Waals surface area contributed by atoms with Crippen molar-refractivity contribution in [1.82, 2.24) is 4.90 Å². The van der Waals surface area contributed by atoms with Crippen LogP contribution in [0.1, 0.15) is 45.4 Å². The van der Waals surface area contributed by atoms with E-state index in [2.05, 4.69) is 0 Å². The van der Waals surface area contributed by atoms with Gasteiger partial charge in [-0.3, -0.25) is 4.79 Å². The number of amides is 1. The molecule has 0 spiro atoms. The first-order chi connectivity index (χ1) is 8.22. The Balaban J connectivity index is 1.96. The quantitative estimate of drug-likeness (QED) is 0.807. The fourth-order valence-electron chi connectivity index (χ4n) is 2.97. The molecule has 0 bridgehead atoms. The number of carbonyl (C=O) groups excluding carboxylic acids is 1. The molecule has 4 heteroatoms. The molecule has 2 unspecified atom stereocenters. The monoisotopic (exact) mass is 241 g/mol. The molecule has 1 N–H and O–H groups in total. The predicted octanol–water partition coefficient (Wildman–Crippen LogP) is 1.32. The standard InChI is InChI=1S/C13H23NO3/c1-10-6-7-12(17-10)13(16)14(8-9-15)11-4-2-3-5-11/h10-12,15H,2-9H2,1H3. The van der Waals surface area contributed by atoms with E-state index in [-0.39, 0.29) is 24.7 Å². The molecule has 0 aromatic heterocycles. The van der Waals surface area contributed by atoms with Gasteiger partial charge in [-0.05, 0) is 32.6 Å². The van der Waals surface area contributed by atoms with Gasteiger partial charge in [-0.15, -0.1) is 0 Å². The Morgan fingerprint density at radius 3 is 2.53 bits per heavy atom. The van der Waals surface area contributed by atoms with Crippen molar-refractivity contribution in [2.24, 2.45) is 0 Å². The number of nitrogens with zero attached hydrogens (tertiary/aromatic N) is 1. The van der Waals surface area contributed by atoms with E-state index in [9.17, 15) is 4.79 Å². The summed E-state index contributed by atoms with van der Waals surface area (Å²) in [5, 5.41) is 9.11. The average molecular weight is 241 g/mol. The number of aliphatic hydroxyl groups is 1. The molecule has 4 nitrogen and oxygen atoms in total. The van der Waals surface area contributed by atoms with Crippen molar-refractivity contribution in [3.05, 3.63) is 0 Å². The third-order valence-corrected chi connectivity index (χ3v) is 3.90. The molecule has 1 saturated carbocycles. The van der Waals surface area contributed by atoms with Crippen LogP contribution in [0.3, 0.4) is 0 Å². The largest absolute Gasteiger partial charge is 0.395 e. The highest BCUT2D eigenvalue weighted by Gasteiger charge is 2.35. The van der Waals surface area contributed by atoms with E-state index in [4.69, 9.17) is 9.84 Å². The molecule has 2 atom stereocenters. The second-order valence-electron chi connectivity index (χ2n) is 5.21. The first-order valence-corrected chi connectivity index (χ1v) is 6.79. The Kier molecular flexibility index (Phi) is 4.40. The summed E-state index contributed by atoms with van der Waals surface area (Å²) in [5.41, 5.74) is 0. The summed E-state index contributed by atoms with van der Waals surface area (Å²) in [4.78, 5) is 14.2. The van der Waals surface area contributed by atoms with Gasteiger partial charge in [0.25, 0.3) is 5.91 Å². The number of carbonyl (C=O) groups is 1. The van der Waals surface area contributed by atoms with Gasteiger partial charge in [0.2, 0.25) is 0 Å². The van der Waals surface area contributed by atoms with Gasteiger partial charge in [0, 0.05) is 12.6 Å². The van der Waals surface area contributed by atoms with Crippen LogP contribution in [-0.4, -0.2) is 47.3 Å². The van der Waals surface area contributed by atoms with E-state index in [0.717, 1.165) is 25.7 Å². The van der Waals surface area contributed by atoms with E-state index < -0.39 is 0 Å². The Labute approximate surface area is 103 Å². The van der Waals surface area contributed by atoms with Gasteiger partial charge >= 0.3 is 0 Å². The lowest BCUT2D eigenvalue weighted by Crippen LogP contribution is -2.46. The van der Waals surface area contributed by atoms with Crippen molar-refractivity contribution in [2.45, 2.75) is 63.7 Å². The average Bonchev–Trinajstić information content (AvgIpc) is 2.95. The second-order valence-corrected chi connectivity index (χ2v) is 5.21. The highest BCUT2D eigenvalue weighted by molar-refractivity contribution is 5.81. The lowest BCUT2D eigenvalue weighted by Gasteiger charge is -2.30. The lowest BCUT2D eigenvalue weighted by atomic mass is 10.1. The van der Waals surface area contributed by atoms with Crippen molar-refractivity contribution in [3.63, 3.8) is 0 Å². The third kappa shape index (κ3) is 2.99. The van der Waals surface area contributed by atoms with Crippen molar-refractivity contribution < 1.29 is 14.6 Å². The number of rotatable bonds is 4. The minimum Gasteiger partial charge on any atom is -0.395 e. The smallest absolute Gasteiger partial charge is 0.252 e. The highest BCUT2D eigenvalue weighted by Crippen LogP contribution is 2.27. The van der Waals surface area contributed by atoms with Gasteiger partial charge < -0.3 is 14.7 Å². The van der Waals surface area contributed by atoms with Gasteiger partial charge in [-0.25, -0.2) is 0 Å². The van der Waals surface area contributed by atoms with E-state index in [1.807, 2.05) is 11.8 Å². The molecule has 0 aromatic carbocycles. The molecule has 0 radical (unpaired) electrons. The highest BCUT2D eigenvalue weighted by atomic mass is 16.5. The normalized spacial score (nSPS) is 29.8. The van der Waals surface area contributed by atoms with Crippen molar-refractivity contribution in [3.8, 4) is 0 Å². The van der Waals surface area contributed by atoms with Gasteiger partial charge in [-0.2, -0.15) is 0 Å². The summed E-state index contributed by atoms with van der Waals surface area (Å²) in [7, 11) is 0. The zero-order chi connectivity index (χ0) is 12.3. The maximum Gasteiger partial charge on any atom is 0.252 e. The molecular formula is C13H23NO3. The summed E-state index contributed by atoms with van der Waals surface area (Å²) >= 11 is 0. The summed E-state index contributed by atoms with van der Waals surface area (Å²) in [6.45, 7) is 2.52. The maximum absolute atomic E-state index is 12.4. The molecule has 2 aliphatic rings. The van der Waals surface area contributed by atoms with Crippen molar-refractivity contribution >= 4 is 5.91 Å². The first kappa shape index (κ1) is 12.8. The lowest BCUT2D eigenvalue weighted by molar-refractivity contribution is -0.145. The predicted molar refractivity (Wildman–Crippen MR) is 64.6 cm³/mol. The fraction of sp³-hybridized carbons (Fsp3) is 0.923. The van der Waals surface area contributed by atoms with E-state index in [1.54, 1.807) is 0 Å². The minimum absolute atomic E-state index is 0.0461. The van der Waals surface area contributed by atoms with Gasteiger partial charge in [0.15, 0.2) is 0 Å². The Hall–Kier alpha value is -0.610. The van der Waals surface area contributed by atoms with Crippen LogP contribution in [0.2, 0.25) is 0 Å². The molecule has 2 rings (SSSR count). The van der Waals surface area contributed by atoms with Crippen LogP contribution in [-0.2, 0) is 9.53 Å². The molecule has 1 amide bonds. The molecule has 98 valence electrons. The van der Waals surface area contributed by atoms with Crippen LogP contribution in [0, 0.1) is 0 Å². The van der Waals surface area contributed by atoms with Crippen LogP contribution in [0.4, 0.5) is 0 Å². The van der Waals surface area contributed by atoms with Crippen molar-refractivity contribution in [2.75, 3.05) is 13.2 Å². The van der Waals surface area contributed by atoms with E-state index >= 15 is 0 Å². The summed E-state index contributed by atoms with van der Waals surface area (Å²) < 4.78 is 5.64. The maximum atomic E-state index is 12.4. The second kappa shape index (κ2) is 5.83. The van der Waals surface area contributed by atoms with Crippen LogP contribution in [0.15, 0.2) is 0 Å². The molecule has 1 aliphatic heterocycles. The van der Waals surface area contributed by atoms with Gasteiger partial charge in [-0.1, -0.05) is 12.8 Å². The van der Waals surface area contributed by atoms with Crippen LogP contribution in [0.5, 0.6) is 0 Å². The summed E-state index contributed by atoms with van der Waals surface area (Å²) in [6, 6.07) is 0.328. The molecule has 1 aliphatic carbocycles. The molecule has 0 aromatic rings. The van der Waals surface area contributed by atoms with E-state index in [1.165, 1.54) is 12.8 Å². The molecule has 17 heavy (non-hydrogen) atoms. The number of ether oxygens (including phenoxy) is 1.